The molecule has 4 nitrogen and oxygen atoms in total. The average molecular weight is 320 g/mol. The summed E-state index contributed by atoms with van der Waals surface area (Å²) in [4.78, 5) is 26.1. The number of benzene rings is 1. The minimum absolute atomic E-state index is 0.0202. The molecule has 23 heavy (non-hydrogen) atoms. The molecule has 1 N–H and O–H groups in total. The molecule has 0 spiro atoms. The third-order valence-electron chi connectivity index (χ3n) is 4.30. The van der Waals surface area contributed by atoms with Crippen molar-refractivity contribution in [3.63, 3.8) is 0 Å². The summed E-state index contributed by atoms with van der Waals surface area (Å²) in [6, 6.07) is 5.75. The van der Waals surface area contributed by atoms with Gasteiger partial charge in [0.2, 0.25) is 5.91 Å². The molecule has 2 rings (SSSR count). The molecule has 126 valence electrons. The minimum Gasteiger partial charge on any atom is -0.356 e. The molecule has 0 unspecified atom stereocenters. The first-order valence-corrected chi connectivity index (χ1v) is 8.44. The number of carbonyl (C=O) groups excluding carboxylic acids is 2. The largest absolute Gasteiger partial charge is 0.356 e. The zero-order valence-electron chi connectivity index (χ0n) is 13.7. The second-order valence-corrected chi connectivity index (χ2v) is 6.07. The molecule has 1 aliphatic rings. The van der Waals surface area contributed by atoms with Crippen molar-refractivity contribution in [1.82, 2.24) is 10.2 Å². The maximum absolute atomic E-state index is 13.2. The molecule has 1 aromatic rings. The van der Waals surface area contributed by atoms with Gasteiger partial charge in [-0.25, -0.2) is 4.39 Å². The van der Waals surface area contributed by atoms with E-state index in [4.69, 9.17) is 0 Å². The third kappa shape index (κ3) is 5.05. The molecule has 2 amide bonds. The molecule has 1 saturated heterocycles. The topological polar surface area (TPSA) is 49.4 Å². The van der Waals surface area contributed by atoms with Crippen LogP contribution in [0, 0.1) is 11.7 Å². The number of carbonyl (C=O) groups is 2. The smallest absolute Gasteiger partial charge is 0.253 e. The van der Waals surface area contributed by atoms with Gasteiger partial charge in [0.05, 0.1) is 0 Å². The predicted molar refractivity (Wildman–Crippen MR) is 87.6 cm³/mol. The maximum atomic E-state index is 13.2. The van der Waals surface area contributed by atoms with Gasteiger partial charge >= 0.3 is 0 Å². The lowest BCUT2D eigenvalue weighted by Gasteiger charge is -2.31. The van der Waals surface area contributed by atoms with Gasteiger partial charge in [0.25, 0.3) is 5.91 Å². The van der Waals surface area contributed by atoms with Crippen LogP contribution in [0.5, 0.6) is 0 Å². The third-order valence-corrected chi connectivity index (χ3v) is 4.30. The van der Waals surface area contributed by atoms with E-state index in [1.807, 2.05) is 0 Å². The van der Waals surface area contributed by atoms with Crippen molar-refractivity contribution in [1.29, 1.82) is 0 Å². The number of nitrogens with zero attached hydrogens (tertiary/aromatic N) is 1. The summed E-state index contributed by atoms with van der Waals surface area (Å²) in [5.41, 5.74) is 0.368. The molecule has 1 aromatic carbocycles. The van der Waals surface area contributed by atoms with E-state index in [1.54, 1.807) is 17.0 Å². The number of hydrogen-bond acceptors (Lipinski definition) is 2. The first kappa shape index (κ1) is 17.4. The van der Waals surface area contributed by atoms with Crippen LogP contribution < -0.4 is 5.32 Å². The van der Waals surface area contributed by atoms with E-state index in [9.17, 15) is 14.0 Å². The van der Waals surface area contributed by atoms with E-state index in [0.29, 0.717) is 31.5 Å². The highest BCUT2D eigenvalue weighted by molar-refractivity contribution is 5.94. The van der Waals surface area contributed by atoms with E-state index < -0.39 is 5.82 Å². The quantitative estimate of drug-likeness (QED) is 0.819. The predicted octanol–water partition coefficient (Wildman–Crippen LogP) is 2.98. The van der Waals surface area contributed by atoms with Crippen LogP contribution in [0.1, 0.15) is 49.4 Å². The first-order valence-electron chi connectivity index (χ1n) is 8.44. The lowest BCUT2D eigenvalue weighted by atomic mass is 9.95. The van der Waals surface area contributed by atoms with E-state index >= 15 is 0 Å². The highest BCUT2D eigenvalue weighted by atomic mass is 19.1. The second kappa shape index (κ2) is 8.65. The van der Waals surface area contributed by atoms with E-state index in [0.717, 1.165) is 25.8 Å². The van der Waals surface area contributed by atoms with Crippen molar-refractivity contribution in [3.8, 4) is 0 Å². The summed E-state index contributed by atoms with van der Waals surface area (Å²) in [5, 5.41) is 2.98. The van der Waals surface area contributed by atoms with Crippen molar-refractivity contribution < 1.29 is 14.0 Å². The van der Waals surface area contributed by atoms with Crippen molar-refractivity contribution in [2.45, 2.75) is 39.0 Å². The van der Waals surface area contributed by atoms with Crippen LogP contribution in [0.25, 0.3) is 0 Å². The van der Waals surface area contributed by atoms with Crippen LogP contribution in [0.3, 0.4) is 0 Å². The Labute approximate surface area is 137 Å². The summed E-state index contributed by atoms with van der Waals surface area (Å²) < 4.78 is 13.2. The zero-order chi connectivity index (χ0) is 16.7. The van der Waals surface area contributed by atoms with Gasteiger partial charge in [0.1, 0.15) is 5.82 Å². The molecule has 0 aliphatic carbocycles. The molecule has 5 heteroatoms. The number of likely N-dealkylation sites (tertiary alicyclic amines) is 1. The fraction of sp³-hybridized carbons (Fsp3) is 0.556. The molecule has 0 atom stereocenters. The van der Waals surface area contributed by atoms with E-state index in [-0.39, 0.29) is 17.7 Å². The van der Waals surface area contributed by atoms with Gasteiger partial charge in [-0.2, -0.15) is 0 Å². The van der Waals surface area contributed by atoms with Gasteiger partial charge in [0, 0.05) is 31.1 Å². The second-order valence-electron chi connectivity index (χ2n) is 6.07. The Morgan fingerprint density at radius 3 is 2.65 bits per heavy atom. The molecule has 1 fully saturated rings. The summed E-state index contributed by atoms with van der Waals surface area (Å²) in [7, 11) is 0. The summed E-state index contributed by atoms with van der Waals surface area (Å²) in [6.45, 7) is 3.95. The molecule has 1 aliphatic heterocycles. The molecule has 1 heterocycles. The minimum atomic E-state index is -0.405. The van der Waals surface area contributed by atoms with Gasteiger partial charge in [-0.3, -0.25) is 9.59 Å². The highest BCUT2D eigenvalue weighted by Gasteiger charge is 2.27. The SMILES string of the molecule is CCCCCNC(=O)C1CCN(C(=O)c2cccc(F)c2)CC1. The van der Waals surface area contributed by atoms with Gasteiger partial charge < -0.3 is 10.2 Å². The average Bonchev–Trinajstić information content (AvgIpc) is 2.58. The van der Waals surface area contributed by atoms with Crippen molar-refractivity contribution in [2.24, 2.45) is 5.92 Å². The Balaban J connectivity index is 1.79. The normalized spacial score (nSPS) is 15.5. The Morgan fingerprint density at radius 1 is 1.26 bits per heavy atom. The fourth-order valence-corrected chi connectivity index (χ4v) is 2.88. The number of nitrogens with one attached hydrogen (secondary N) is 1. The number of unbranched alkanes of at least 4 members (excludes halogenated alkanes) is 2. The van der Waals surface area contributed by atoms with Crippen molar-refractivity contribution in [3.05, 3.63) is 35.6 Å². The summed E-state index contributed by atoms with van der Waals surface area (Å²) in [5.74, 6) is -0.490. The summed E-state index contributed by atoms with van der Waals surface area (Å²) >= 11 is 0. The highest BCUT2D eigenvalue weighted by Crippen LogP contribution is 2.19. The Morgan fingerprint density at radius 2 is 2.00 bits per heavy atom. The monoisotopic (exact) mass is 320 g/mol. The van der Waals surface area contributed by atoms with Gasteiger partial charge in [-0.05, 0) is 37.5 Å². The first-order chi connectivity index (χ1) is 11.1. The summed E-state index contributed by atoms with van der Waals surface area (Å²) in [6.07, 6.45) is 4.61. The van der Waals surface area contributed by atoms with Gasteiger partial charge in [-0.15, -0.1) is 0 Å². The van der Waals surface area contributed by atoms with E-state index in [1.165, 1.54) is 12.1 Å². The van der Waals surface area contributed by atoms with Crippen LogP contribution in [-0.2, 0) is 4.79 Å². The number of piperidine rings is 1. The molecular formula is C18H25FN2O2. The fourth-order valence-electron chi connectivity index (χ4n) is 2.88. The zero-order valence-corrected chi connectivity index (χ0v) is 13.7. The molecule has 0 saturated carbocycles. The van der Waals surface area contributed by atoms with Crippen LogP contribution >= 0.6 is 0 Å². The van der Waals surface area contributed by atoms with Crippen LogP contribution in [-0.4, -0.2) is 36.3 Å². The Kier molecular flexibility index (Phi) is 6.56. The van der Waals surface area contributed by atoms with Crippen molar-refractivity contribution >= 4 is 11.8 Å². The molecule has 0 radical (unpaired) electrons. The van der Waals surface area contributed by atoms with Crippen LogP contribution in [0.15, 0.2) is 24.3 Å². The maximum Gasteiger partial charge on any atom is 0.253 e. The number of halogens is 1. The Bertz CT molecular complexity index is 540. The molecule has 0 aromatic heterocycles. The van der Waals surface area contributed by atoms with Gasteiger partial charge in [-0.1, -0.05) is 25.8 Å². The van der Waals surface area contributed by atoms with E-state index in [2.05, 4.69) is 12.2 Å². The lowest BCUT2D eigenvalue weighted by molar-refractivity contribution is -0.126. The Hall–Kier alpha value is -1.91. The molecular weight excluding hydrogens is 295 g/mol. The number of hydrogen-bond donors (Lipinski definition) is 1. The van der Waals surface area contributed by atoms with Gasteiger partial charge in [0.15, 0.2) is 0 Å². The van der Waals surface area contributed by atoms with Crippen LogP contribution in [0.4, 0.5) is 4.39 Å². The molecule has 0 bridgehead atoms. The number of rotatable bonds is 6. The standard InChI is InChI=1S/C18H25FN2O2/c1-2-3-4-10-20-17(22)14-8-11-21(12-9-14)18(23)15-6-5-7-16(19)13-15/h5-7,13-14H,2-4,8-12H2,1H3,(H,20,22). The van der Waals surface area contributed by atoms with Crippen molar-refractivity contribution in [2.75, 3.05) is 19.6 Å². The lowest BCUT2D eigenvalue weighted by Crippen LogP contribution is -2.43. The number of amides is 2. The van der Waals surface area contributed by atoms with Crippen LogP contribution in [0.2, 0.25) is 0 Å².